The molecule has 2 rings (SSSR count). The summed E-state index contributed by atoms with van der Waals surface area (Å²) in [6, 6.07) is 6.28. The van der Waals surface area contributed by atoms with Crippen LogP contribution in [0.15, 0.2) is 24.3 Å². The fourth-order valence-corrected chi connectivity index (χ4v) is 3.33. The molecule has 0 radical (unpaired) electrons. The molecule has 0 aliphatic carbocycles. The predicted molar refractivity (Wildman–Crippen MR) is 80.3 cm³/mol. The van der Waals surface area contributed by atoms with Crippen molar-refractivity contribution < 1.29 is 13.9 Å². The largest absolute Gasteiger partial charge is 0.383 e. The van der Waals surface area contributed by atoms with Crippen LogP contribution in [0.5, 0.6) is 0 Å². The molecule has 0 N–H and O–H groups in total. The number of fused-ring (bicyclic) bond motifs is 1. The van der Waals surface area contributed by atoms with Crippen LogP contribution in [0.4, 0.5) is 4.39 Å². The number of carbonyl (C=O) groups is 1. The topological polar surface area (TPSA) is 29.5 Å². The van der Waals surface area contributed by atoms with Gasteiger partial charge in [-0.15, -0.1) is 22.9 Å². The standard InChI is InChI=1S/C14H15ClFNO2S/c1-17(7-10(15)8-19-2)14(18)13-5-9-3-4-11(16)6-12(9)20-13/h3-6,10H,7-8H2,1-2H3. The van der Waals surface area contributed by atoms with Crippen LogP contribution >= 0.6 is 22.9 Å². The van der Waals surface area contributed by atoms with Crippen LogP contribution < -0.4 is 0 Å². The molecule has 0 saturated heterocycles. The van der Waals surface area contributed by atoms with Crippen molar-refractivity contribution in [3.05, 3.63) is 35.0 Å². The van der Waals surface area contributed by atoms with E-state index in [-0.39, 0.29) is 17.1 Å². The minimum Gasteiger partial charge on any atom is -0.383 e. The summed E-state index contributed by atoms with van der Waals surface area (Å²) in [4.78, 5) is 14.4. The van der Waals surface area contributed by atoms with Gasteiger partial charge in [0.15, 0.2) is 0 Å². The molecule has 1 aromatic carbocycles. The van der Waals surface area contributed by atoms with Crippen molar-refractivity contribution in [3.8, 4) is 0 Å². The van der Waals surface area contributed by atoms with Crippen LogP contribution in [-0.4, -0.2) is 43.5 Å². The van der Waals surface area contributed by atoms with Gasteiger partial charge in [0, 0.05) is 25.4 Å². The van der Waals surface area contributed by atoms with E-state index in [1.54, 1.807) is 31.2 Å². The predicted octanol–water partition coefficient (Wildman–Crippen LogP) is 3.37. The minimum absolute atomic E-state index is 0.117. The number of methoxy groups -OCH3 is 1. The van der Waals surface area contributed by atoms with Gasteiger partial charge >= 0.3 is 0 Å². The SMILES string of the molecule is COCC(Cl)CN(C)C(=O)c1cc2ccc(F)cc2s1. The van der Waals surface area contributed by atoms with Crippen LogP contribution in [0.1, 0.15) is 9.67 Å². The Bertz CT molecular complexity index is 616. The maximum Gasteiger partial charge on any atom is 0.263 e. The number of benzene rings is 1. The molecule has 1 unspecified atom stereocenters. The number of nitrogens with zero attached hydrogens (tertiary/aromatic N) is 1. The van der Waals surface area contributed by atoms with Crippen LogP contribution in [0.3, 0.4) is 0 Å². The molecule has 1 heterocycles. The first-order valence-electron chi connectivity index (χ1n) is 6.09. The molecule has 2 aromatic rings. The second-order valence-corrected chi connectivity index (χ2v) is 6.23. The fraction of sp³-hybridized carbons (Fsp3) is 0.357. The molecule has 0 spiro atoms. The highest BCUT2D eigenvalue weighted by atomic mass is 35.5. The second kappa shape index (κ2) is 6.52. The number of rotatable bonds is 5. The monoisotopic (exact) mass is 315 g/mol. The first-order valence-corrected chi connectivity index (χ1v) is 7.34. The Morgan fingerprint density at radius 2 is 2.25 bits per heavy atom. The lowest BCUT2D eigenvalue weighted by Gasteiger charge is -2.19. The van der Waals surface area contributed by atoms with Crippen LogP contribution in [0, 0.1) is 5.82 Å². The number of halogens is 2. The van der Waals surface area contributed by atoms with Gasteiger partial charge in [-0.1, -0.05) is 6.07 Å². The maximum absolute atomic E-state index is 13.1. The molecule has 1 amide bonds. The Morgan fingerprint density at radius 1 is 1.50 bits per heavy atom. The summed E-state index contributed by atoms with van der Waals surface area (Å²) in [5.41, 5.74) is 0. The highest BCUT2D eigenvalue weighted by Crippen LogP contribution is 2.27. The summed E-state index contributed by atoms with van der Waals surface area (Å²) in [6.45, 7) is 0.785. The zero-order chi connectivity index (χ0) is 14.7. The van der Waals surface area contributed by atoms with E-state index in [0.29, 0.717) is 18.0 Å². The number of carbonyl (C=O) groups excluding carboxylic acids is 1. The summed E-state index contributed by atoms with van der Waals surface area (Å²) in [5, 5.41) is 0.619. The van der Waals surface area contributed by atoms with E-state index in [1.165, 1.54) is 23.5 Å². The zero-order valence-electron chi connectivity index (χ0n) is 11.2. The van der Waals surface area contributed by atoms with Gasteiger partial charge in [-0.3, -0.25) is 4.79 Å². The summed E-state index contributed by atoms with van der Waals surface area (Å²) in [7, 11) is 3.26. The molecular weight excluding hydrogens is 301 g/mol. The molecule has 1 aromatic heterocycles. The maximum atomic E-state index is 13.1. The van der Waals surface area contributed by atoms with E-state index >= 15 is 0 Å². The van der Waals surface area contributed by atoms with E-state index in [2.05, 4.69) is 0 Å². The first kappa shape index (κ1) is 15.2. The van der Waals surface area contributed by atoms with Gasteiger partial charge in [-0.25, -0.2) is 4.39 Å². The number of hydrogen-bond acceptors (Lipinski definition) is 3. The zero-order valence-corrected chi connectivity index (χ0v) is 12.8. The average molecular weight is 316 g/mol. The third kappa shape index (κ3) is 3.48. The Labute approximate surface area is 125 Å². The number of alkyl halides is 1. The lowest BCUT2D eigenvalue weighted by Crippen LogP contribution is -2.33. The van der Waals surface area contributed by atoms with Crippen molar-refractivity contribution in [3.63, 3.8) is 0 Å². The first-order chi connectivity index (χ1) is 9.51. The molecule has 20 heavy (non-hydrogen) atoms. The van der Waals surface area contributed by atoms with Crippen LogP contribution in [-0.2, 0) is 4.74 Å². The number of amides is 1. The Morgan fingerprint density at radius 3 is 2.95 bits per heavy atom. The smallest absolute Gasteiger partial charge is 0.263 e. The molecule has 0 saturated carbocycles. The van der Waals surface area contributed by atoms with Crippen LogP contribution in [0.2, 0.25) is 0 Å². The minimum atomic E-state index is -0.298. The van der Waals surface area contributed by atoms with Gasteiger partial charge < -0.3 is 9.64 Å². The quantitative estimate of drug-likeness (QED) is 0.792. The van der Waals surface area contributed by atoms with Crippen LogP contribution in [0.25, 0.3) is 10.1 Å². The van der Waals surface area contributed by atoms with E-state index in [1.807, 2.05) is 0 Å². The third-order valence-electron chi connectivity index (χ3n) is 2.86. The molecule has 0 bridgehead atoms. The summed E-state index contributed by atoms with van der Waals surface area (Å²) in [5.74, 6) is -0.416. The summed E-state index contributed by atoms with van der Waals surface area (Å²) >= 11 is 7.32. The molecule has 0 aliphatic rings. The van der Waals surface area contributed by atoms with Crippen molar-refractivity contribution in [1.29, 1.82) is 0 Å². The lowest BCUT2D eigenvalue weighted by molar-refractivity contribution is 0.0786. The summed E-state index contributed by atoms with van der Waals surface area (Å²) in [6.07, 6.45) is 0. The lowest BCUT2D eigenvalue weighted by atomic mass is 10.2. The Balaban J connectivity index is 2.14. The van der Waals surface area contributed by atoms with Crippen molar-refractivity contribution in [2.24, 2.45) is 0 Å². The number of hydrogen-bond donors (Lipinski definition) is 0. The molecule has 0 aliphatic heterocycles. The van der Waals surface area contributed by atoms with Crippen molar-refractivity contribution >= 4 is 38.9 Å². The molecule has 6 heteroatoms. The van der Waals surface area contributed by atoms with E-state index in [9.17, 15) is 9.18 Å². The van der Waals surface area contributed by atoms with Crippen molar-refractivity contribution in [1.82, 2.24) is 4.90 Å². The van der Waals surface area contributed by atoms with Gasteiger partial charge in [0.1, 0.15) is 5.82 Å². The Kier molecular flexibility index (Phi) is 4.96. The molecule has 1 atom stereocenters. The normalized spacial score (nSPS) is 12.6. The van der Waals surface area contributed by atoms with Crippen molar-refractivity contribution in [2.45, 2.75) is 5.38 Å². The molecular formula is C14H15ClFNO2S. The summed E-state index contributed by atoms with van der Waals surface area (Å²) < 4.78 is 18.8. The Hall–Kier alpha value is -1.17. The second-order valence-electron chi connectivity index (χ2n) is 4.53. The van der Waals surface area contributed by atoms with Gasteiger partial charge in [-0.05, 0) is 23.6 Å². The van der Waals surface area contributed by atoms with Gasteiger partial charge in [0.2, 0.25) is 0 Å². The van der Waals surface area contributed by atoms with E-state index in [0.717, 1.165) is 10.1 Å². The molecule has 0 fully saturated rings. The van der Waals surface area contributed by atoms with E-state index in [4.69, 9.17) is 16.3 Å². The average Bonchev–Trinajstić information content (AvgIpc) is 2.80. The fourth-order valence-electron chi connectivity index (χ4n) is 1.91. The van der Waals surface area contributed by atoms with Gasteiger partial charge in [0.05, 0.1) is 16.9 Å². The molecule has 3 nitrogen and oxygen atoms in total. The highest BCUT2D eigenvalue weighted by molar-refractivity contribution is 7.20. The van der Waals surface area contributed by atoms with Crippen molar-refractivity contribution in [2.75, 3.05) is 27.3 Å². The van der Waals surface area contributed by atoms with Gasteiger partial charge in [0.25, 0.3) is 5.91 Å². The third-order valence-corrected chi connectivity index (χ3v) is 4.21. The number of thiophene rings is 1. The highest BCUT2D eigenvalue weighted by Gasteiger charge is 2.18. The van der Waals surface area contributed by atoms with E-state index < -0.39 is 0 Å². The molecule has 108 valence electrons. The van der Waals surface area contributed by atoms with Gasteiger partial charge in [-0.2, -0.15) is 0 Å². The number of ether oxygens (including phenoxy) is 1.